The molecule has 0 aliphatic rings. The van der Waals surface area contributed by atoms with Crippen molar-refractivity contribution < 1.29 is 32.3 Å². The summed E-state index contributed by atoms with van der Waals surface area (Å²) in [5.41, 5.74) is -1.92. The minimum absolute atomic E-state index is 0.134. The molecule has 0 radical (unpaired) electrons. The fourth-order valence-electron chi connectivity index (χ4n) is 3.42. The van der Waals surface area contributed by atoms with Crippen molar-refractivity contribution in [1.29, 1.82) is 0 Å². The van der Waals surface area contributed by atoms with E-state index in [9.17, 15) is 27.6 Å². The van der Waals surface area contributed by atoms with Gasteiger partial charge < -0.3 is 15.0 Å². The lowest BCUT2D eigenvalue weighted by atomic mass is 10.1. The van der Waals surface area contributed by atoms with Crippen LogP contribution in [0.25, 0.3) is 5.69 Å². The zero-order valence-electron chi connectivity index (χ0n) is 21.4. The molecule has 0 spiro atoms. The summed E-state index contributed by atoms with van der Waals surface area (Å²) in [5.74, 6) is -1.45. The van der Waals surface area contributed by atoms with Crippen molar-refractivity contribution in [1.82, 2.24) is 15.0 Å². The number of nitrogens with zero attached hydrogens (tertiary/aromatic N) is 4. The van der Waals surface area contributed by atoms with Crippen molar-refractivity contribution in [2.24, 2.45) is 0 Å². The Balaban J connectivity index is 1.89. The molecule has 0 atom stereocenters. The Hall–Kier alpha value is -4.42. The number of ketones is 1. The van der Waals surface area contributed by atoms with Crippen LogP contribution in [0.15, 0.2) is 48.8 Å². The Labute approximate surface area is 216 Å². The first-order valence-electron chi connectivity index (χ1n) is 11.4. The Morgan fingerprint density at radius 3 is 2.29 bits per heavy atom. The summed E-state index contributed by atoms with van der Waals surface area (Å²) in [5, 5.41) is 12.3. The highest BCUT2D eigenvalue weighted by Crippen LogP contribution is 2.41. The Kier molecular flexibility index (Phi) is 8.08. The van der Waals surface area contributed by atoms with Gasteiger partial charge in [0, 0.05) is 19.7 Å². The lowest BCUT2D eigenvalue weighted by molar-refractivity contribution is -0.137. The van der Waals surface area contributed by atoms with Crippen LogP contribution in [0.2, 0.25) is 0 Å². The Morgan fingerprint density at radius 1 is 1.03 bits per heavy atom. The van der Waals surface area contributed by atoms with Crippen molar-refractivity contribution in [2.45, 2.75) is 39.0 Å². The number of hydrogen-bond donors (Lipinski definition) is 2. The van der Waals surface area contributed by atoms with E-state index in [1.807, 2.05) is 0 Å². The van der Waals surface area contributed by atoms with Crippen molar-refractivity contribution in [2.75, 3.05) is 29.6 Å². The van der Waals surface area contributed by atoms with E-state index >= 15 is 0 Å². The second-order valence-electron chi connectivity index (χ2n) is 9.48. The third kappa shape index (κ3) is 7.31. The van der Waals surface area contributed by atoms with Crippen LogP contribution in [-0.4, -0.2) is 52.5 Å². The number of benzene rings is 2. The predicted octanol–water partition coefficient (Wildman–Crippen LogP) is 4.91. The first-order valence-corrected chi connectivity index (χ1v) is 11.4. The molecular weight excluding hydrogens is 505 g/mol. The van der Waals surface area contributed by atoms with Gasteiger partial charge in [-0.1, -0.05) is 17.3 Å². The molecule has 38 heavy (non-hydrogen) atoms. The van der Waals surface area contributed by atoms with Crippen LogP contribution >= 0.6 is 0 Å². The van der Waals surface area contributed by atoms with Gasteiger partial charge in [0.2, 0.25) is 5.91 Å². The molecule has 13 heteroatoms. The van der Waals surface area contributed by atoms with Gasteiger partial charge in [0.05, 0.1) is 47.1 Å². The zero-order valence-corrected chi connectivity index (χ0v) is 21.4. The van der Waals surface area contributed by atoms with Crippen molar-refractivity contribution in [3.8, 4) is 5.69 Å². The monoisotopic (exact) mass is 532 g/mol. The van der Waals surface area contributed by atoms with Gasteiger partial charge in [0.25, 0.3) is 0 Å². The molecule has 2 aromatic carbocycles. The molecule has 0 aliphatic heterocycles. The molecule has 0 unspecified atom stereocenters. The average Bonchev–Trinajstić information content (AvgIpc) is 3.33. The normalized spacial score (nSPS) is 11.6. The third-order valence-corrected chi connectivity index (χ3v) is 5.01. The standard InChI is InChI=1S/C25H27F3N6O4/c1-24(2,3)38-23(37)31-19-13-20(33(4)5)17(25(26,27)28)12-18(19)30-22(36)14-21(35)15-7-6-8-16(11-15)34-10-9-29-32-34/h6-13H,14H2,1-5H3,(H,30,36)(H,31,37). The highest BCUT2D eigenvalue weighted by molar-refractivity contribution is 6.12. The second-order valence-corrected chi connectivity index (χ2v) is 9.48. The number of hydrogen-bond acceptors (Lipinski definition) is 7. The smallest absolute Gasteiger partial charge is 0.418 e. The van der Waals surface area contributed by atoms with Gasteiger partial charge >= 0.3 is 12.3 Å². The van der Waals surface area contributed by atoms with E-state index in [4.69, 9.17) is 4.74 Å². The van der Waals surface area contributed by atoms with Gasteiger partial charge in [-0.05, 0) is 45.0 Å². The number of rotatable bonds is 7. The van der Waals surface area contributed by atoms with E-state index in [1.165, 1.54) is 42.0 Å². The molecule has 0 saturated carbocycles. The molecule has 3 rings (SSSR count). The summed E-state index contributed by atoms with van der Waals surface area (Å²) >= 11 is 0. The lowest BCUT2D eigenvalue weighted by Gasteiger charge is -2.24. The van der Waals surface area contributed by atoms with Crippen LogP contribution < -0.4 is 15.5 Å². The Bertz CT molecular complexity index is 1330. The molecule has 0 aliphatic carbocycles. The van der Waals surface area contributed by atoms with Crippen LogP contribution in [0.4, 0.5) is 35.0 Å². The number of ether oxygens (including phenoxy) is 1. The number of nitrogens with one attached hydrogen (secondary N) is 2. The SMILES string of the molecule is CN(C)c1cc(NC(=O)OC(C)(C)C)c(NC(=O)CC(=O)c2cccc(-n3ccnn3)c2)cc1C(F)(F)F. The minimum Gasteiger partial charge on any atom is -0.444 e. The lowest BCUT2D eigenvalue weighted by Crippen LogP contribution is -2.28. The summed E-state index contributed by atoms with van der Waals surface area (Å²) < 4.78 is 48.1. The Morgan fingerprint density at radius 2 is 1.71 bits per heavy atom. The molecule has 1 heterocycles. The van der Waals surface area contributed by atoms with Crippen LogP contribution in [0.3, 0.4) is 0 Å². The van der Waals surface area contributed by atoms with E-state index in [0.717, 1.165) is 6.07 Å². The first-order chi connectivity index (χ1) is 17.6. The van der Waals surface area contributed by atoms with Crippen LogP contribution in [0.1, 0.15) is 43.1 Å². The number of Topliss-reactive ketones (excluding diaryl/α,β-unsaturated/α-hetero) is 1. The van der Waals surface area contributed by atoms with Crippen LogP contribution in [0, 0.1) is 0 Å². The topological polar surface area (TPSA) is 118 Å². The van der Waals surface area contributed by atoms with Crippen molar-refractivity contribution in [3.05, 3.63) is 59.9 Å². The summed E-state index contributed by atoms with van der Waals surface area (Å²) in [7, 11) is 2.82. The number of carbonyl (C=O) groups excluding carboxylic acids is 3. The van der Waals surface area contributed by atoms with Crippen LogP contribution in [-0.2, 0) is 15.7 Å². The predicted molar refractivity (Wildman–Crippen MR) is 135 cm³/mol. The van der Waals surface area contributed by atoms with E-state index < -0.39 is 41.5 Å². The quantitative estimate of drug-likeness (QED) is 0.328. The second kappa shape index (κ2) is 10.9. The molecule has 10 nitrogen and oxygen atoms in total. The number of anilines is 3. The van der Waals surface area contributed by atoms with E-state index in [0.29, 0.717) is 11.8 Å². The summed E-state index contributed by atoms with van der Waals surface area (Å²) in [4.78, 5) is 39.1. The van der Waals surface area contributed by atoms with Gasteiger partial charge in [0.1, 0.15) is 5.60 Å². The maximum atomic E-state index is 13.8. The summed E-state index contributed by atoms with van der Waals surface area (Å²) in [6.07, 6.45) is -3.32. The number of halogens is 3. The maximum absolute atomic E-state index is 13.8. The molecule has 202 valence electrons. The van der Waals surface area contributed by atoms with E-state index in [2.05, 4.69) is 20.9 Å². The van der Waals surface area contributed by atoms with E-state index in [1.54, 1.807) is 39.1 Å². The molecule has 1 aromatic heterocycles. The molecule has 2 N–H and O–H groups in total. The molecule has 0 fully saturated rings. The van der Waals surface area contributed by atoms with Crippen molar-refractivity contribution in [3.63, 3.8) is 0 Å². The maximum Gasteiger partial charge on any atom is 0.418 e. The largest absolute Gasteiger partial charge is 0.444 e. The highest BCUT2D eigenvalue weighted by atomic mass is 19.4. The van der Waals surface area contributed by atoms with Gasteiger partial charge in [-0.2, -0.15) is 13.2 Å². The molecular formula is C25H27F3N6O4. The number of alkyl halides is 3. The fraction of sp³-hybridized carbons (Fsp3) is 0.320. The van der Waals surface area contributed by atoms with Gasteiger partial charge in [-0.3, -0.25) is 14.9 Å². The summed E-state index contributed by atoms with van der Waals surface area (Å²) in [6.45, 7) is 4.87. The van der Waals surface area contributed by atoms with Gasteiger partial charge in [0.15, 0.2) is 5.78 Å². The first kappa shape index (κ1) is 28.2. The van der Waals surface area contributed by atoms with E-state index in [-0.39, 0.29) is 22.6 Å². The zero-order chi connectivity index (χ0) is 28.3. The van der Waals surface area contributed by atoms with Crippen LogP contribution in [0.5, 0.6) is 0 Å². The molecule has 0 bridgehead atoms. The molecule has 0 saturated heterocycles. The number of amides is 2. The highest BCUT2D eigenvalue weighted by Gasteiger charge is 2.36. The molecule has 3 aromatic rings. The minimum atomic E-state index is -4.76. The van der Waals surface area contributed by atoms with Gasteiger partial charge in [-0.25, -0.2) is 9.48 Å². The summed E-state index contributed by atoms with van der Waals surface area (Å²) in [6, 6.07) is 8.07. The van der Waals surface area contributed by atoms with Crippen molar-refractivity contribution >= 4 is 34.8 Å². The van der Waals surface area contributed by atoms with Gasteiger partial charge in [-0.15, -0.1) is 5.10 Å². The number of aromatic nitrogens is 3. The third-order valence-electron chi connectivity index (χ3n) is 5.01. The fourth-order valence-corrected chi connectivity index (χ4v) is 3.42. The average molecular weight is 533 g/mol. The molecule has 2 amide bonds. The number of carbonyl (C=O) groups is 3.